The Kier molecular flexibility index (Phi) is 15.7. The maximum Gasteiger partial charge on any atom is 1.00 e. The van der Waals surface area contributed by atoms with Gasteiger partial charge in [-0.3, -0.25) is 4.90 Å². The first kappa shape index (κ1) is 42.1. The Morgan fingerprint density at radius 2 is 1.57 bits per heavy atom. The summed E-state index contributed by atoms with van der Waals surface area (Å²) in [5.74, 6) is 0.910. The van der Waals surface area contributed by atoms with Crippen LogP contribution in [0.15, 0.2) is 60.8 Å². The molecular weight excluding hydrogens is 705 g/mol. The predicted molar refractivity (Wildman–Crippen MR) is 212 cm³/mol. The van der Waals surface area contributed by atoms with E-state index in [4.69, 9.17) is 4.79 Å². The molecule has 3 aromatic carbocycles. The molecule has 0 saturated carbocycles. The number of nitrogens with one attached hydrogen (secondary N) is 2. The van der Waals surface area contributed by atoms with Crippen molar-refractivity contribution in [3.05, 3.63) is 95.8 Å². The molecule has 3 fully saturated rings. The van der Waals surface area contributed by atoms with E-state index in [-0.39, 0.29) is 63.2 Å². The number of aromatic amines is 1. The monoisotopic (exact) mass is 757 g/mol. The van der Waals surface area contributed by atoms with Crippen molar-refractivity contribution < 1.29 is 65.4 Å². The van der Waals surface area contributed by atoms with Gasteiger partial charge in [0.1, 0.15) is 25.0 Å². The molecule has 54 heavy (non-hydrogen) atoms. The van der Waals surface area contributed by atoms with Gasteiger partial charge in [-0.25, -0.2) is 4.39 Å². The summed E-state index contributed by atoms with van der Waals surface area (Å²) in [4.78, 5) is 32.4. The number of nitrogens with zero attached hydrogens (tertiary/aromatic N) is 5. The number of benzene rings is 3. The number of anilines is 3. The van der Waals surface area contributed by atoms with Crippen molar-refractivity contribution in [3.63, 3.8) is 0 Å². The van der Waals surface area contributed by atoms with Crippen molar-refractivity contribution in [2.75, 3.05) is 73.6 Å². The molecule has 9 nitrogen and oxygen atoms in total. The molecule has 7 rings (SSSR count). The number of hydrogen-bond acceptors (Lipinski definition) is 8. The first-order chi connectivity index (χ1) is 25.9. The molecule has 3 aliphatic heterocycles. The fourth-order valence-corrected chi connectivity index (χ4v) is 8.39. The van der Waals surface area contributed by atoms with Crippen LogP contribution in [0.2, 0.25) is 0 Å². The molecule has 11 heteroatoms. The van der Waals surface area contributed by atoms with Gasteiger partial charge in [0.15, 0.2) is 0 Å². The second kappa shape index (κ2) is 20.2. The molecule has 0 spiro atoms. The summed E-state index contributed by atoms with van der Waals surface area (Å²) < 4.78 is 14.5. The molecule has 3 aliphatic rings. The van der Waals surface area contributed by atoms with Gasteiger partial charge in [-0.1, -0.05) is 18.2 Å². The first-order valence-electron chi connectivity index (χ1n) is 19.1. The van der Waals surface area contributed by atoms with Crippen molar-refractivity contribution in [2.24, 2.45) is 5.92 Å². The van der Waals surface area contributed by atoms with Crippen LogP contribution in [-0.4, -0.2) is 87.9 Å². The summed E-state index contributed by atoms with van der Waals surface area (Å²) >= 11 is 0. The maximum absolute atomic E-state index is 14.5. The van der Waals surface area contributed by atoms with Gasteiger partial charge in [-0.05, 0) is 97.5 Å². The van der Waals surface area contributed by atoms with E-state index in [0.717, 1.165) is 88.6 Å². The Morgan fingerprint density at radius 3 is 2.22 bits per heavy atom. The largest absolute Gasteiger partial charge is 1.00 e. The Bertz CT molecular complexity index is 1850. The molecular formula is C43H53FKN7O2. The molecule has 0 amide bonds. The van der Waals surface area contributed by atoms with E-state index < -0.39 is 0 Å². The number of nitriles is 1. The third-order valence-corrected chi connectivity index (χ3v) is 11.7. The Hall–Kier alpha value is -3.08. The molecule has 280 valence electrons. The van der Waals surface area contributed by atoms with Crippen LogP contribution >= 0.6 is 0 Å². The van der Waals surface area contributed by atoms with Gasteiger partial charge in [0.25, 0.3) is 0 Å². The van der Waals surface area contributed by atoms with Crippen LogP contribution < -0.4 is 71.4 Å². The van der Waals surface area contributed by atoms with Gasteiger partial charge in [0, 0.05) is 89.1 Å². The zero-order valence-corrected chi connectivity index (χ0v) is 35.2. The molecule has 0 radical (unpaired) electrons. The van der Waals surface area contributed by atoms with Crippen LogP contribution in [0.4, 0.5) is 21.5 Å². The number of H-pyrrole nitrogens is 1. The van der Waals surface area contributed by atoms with Gasteiger partial charge in [-0.2, -0.15) is 11.7 Å². The minimum absolute atomic E-state index is 0. The Morgan fingerprint density at radius 1 is 0.926 bits per heavy atom. The zero-order chi connectivity index (χ0) is 37.3. The second-order valence-corrected chi connectivity index (χ2v) is 14.7. The van der Waals surface area contributed by atoms with Gasteiger partial charge >= 0.3 is 51.4 Å². The average Bonchev–Trinajstić information content (AvgIpc) is 3.66. The van der Waals surface area contributed by atoms with E-state index >= 15 is 0 Å². The van der Waals surface area contributed by atoms with E-state index in [1.54, 1.807) is 6.20 Å². The zero-order valence-electron chi connectivity index (χ0n) is 32.0. The molecule has 1 atom stereocenters. The standard InChI is InChI=1S/C42H51FN7O.CH2O.K/c1-3-36(29-51)45-26-34-24-38(7-4-30(34)2)49-22-20-47(21-23-49)28-31-12-16-48(17-13-31)37-8-5-32(6-9-37)33-14-18-50(19-15-33)40-11-10-39(43)41-35(25-44)27-46-42(40)41;1-2;/h4-11,24,27,29,31,33,36,45-46H,1,3,12-23,26,28H2,2H3;1H2;/q-1;;+1/t36-;;/m1../s1. The summed E-state index contributed by atoms with van der Waals surface area (Å²) in [6.07, 6.45) is 7.68. The number of halogens is 1. The predicted octanol–water partition coefficient (Wildman–Crippen LogP) is 3.61. The summed E-state index contributed by atoms with van der Waals surface area (Å²) in [6.45, 7) is 18.2. The molecule has 0 aliphatic carbocycles. The Balaban J connectivity index is 0.00000184. The number of piperidine rings is 2. The molecule has 0 unspecified atom stereocenters. The molecule has 0 bridgehead atoms. The quantitative estimate of drug-likeness (QED) is 0.136. The Labute approximate surface area is 362 Å². The number of aryl methyl sites for hydroxylation is 1. The molecule has 4 heterocycles. The minimum Gasteiger partial charge on any atom is -0.372 e. The normalized spacial score (nSPS) is 17.7. The summed E-state index contributed by atoms with van der Waals surface area (Å²) in [5, 5.41) is 13.1. The van der Waals surface area contributed by atoms with E-state index in [9.17, 15) is 14.4 Å². The summed E-state index contributed by atoms with van der Waals surface area (Å²) in [6, 6.07) is 21.3. The third-order valence-electron chi connectivity index (χ3n) is 11.7. The minimum atomic E-state index is -0.348. The molecule has 2 N–H and O–H groups in total. The number of fused-ring (bicyclic) bond motifs is 1. The number of rotatable bonds is 11. The SMILES string of the molecule is C=O.[CH2-]C[C@H](C=O)NCc1cc(N2CCN(CC3CCN(c4ccc(C5CCN(c6ccc(F)c7c(C#N)c[nH]c67)CC5)cc4)CC3)CC2)ccc1C.[K+]. The second-order valence-electron chi connectivity index (χ2n) is 14.7. The van der Waals surface area contributed by atoms with Crippen LogP contribution in [0.5, 0.6) is 0 Å². The van der Waals surface area contributed by atoms with Crippen LogP contribution in [0.3, 0.4) is 0 Å². The van der Waals surface area contributed by atoms with Crippen molar-refractivity contribution in [1.82, 2.24) is 15.2 Å². The van der Waals surface area contributed by atoms with Gasteiger partial charge in [-0.15, -0.1) is 0 Å². The molecule has 1 aromatic heterocycles. The molecule has 4 aromatic rings. The van der Waals surface area contributed by atoms with E-state index in [0.29, 0.717) is 29.8 Å². The number of aromatic nitrogens is 1. The van der Waals surface area contributed by atoms with Crippen molar-refractivity contribution in [2.45, 2.75) is 57.5 Å². The fourth-order valence-electron chi connectivity index (χ4n) is 8.39. The average molecular weight is 758 g/mol. The number of piperazine rings is 1. The van der Waals surface area contributed by atoms with E-state index in [1.165, 1.54) is 53.5 Å². The van der Waals surface area contributed by atoms with Crippen molar-refractivity contribution in [1.29, 1.82) is 5.26 Å². The van der Waals surface area contributed by atoms with Crippen LogP contribution in [-0.2, 0) is 16.1 Å². The van der Waals surface area contributed by atoms with Crippen molar-refractivity contribution in [3.8, 4) is 6.07 Å². The number of aldehydes is 1. The van der Waals surface area contributed by atoms with Crippen LogP contribution in [0, 0.1) is 36.9 Å². The van der Waals surface area contributed by atoms with Crippen molar-refractivity contribution >= 4 is 41.0 Å². The fraction of sp³-hybridized carbons (Fsp3) is 0.442. The van der Waals surface area contributed by atoms with Gasteiger partial charge < -0.3 is 41.5 Å². The van der Waals surface area contributed by atoms with E-state index in [1.807, 2.05) is 12.9 Å². The number of carbonyl (C=O) groups excluding carboxylic acids is 2. The van der Waals surface area contributed by atoms with Gasteiger partial charge in [0.05, 0.1) is 22.2 Å². The first-order valence-corrected chi connectivity index (χ1v) is 19.1. The van der Waals surface area contributed by atoms with Crippen LogP contribution in [0.25, 0.3) is 10.9 Å². The smallest absolute Gasteiger partial charge is 0.372 e. The summed E-state index contributed by atoms with van der Waals surface area (Å²) in [7, 11) is 0. The number of carbonyl (C=O) groups is 2. The third kappa shape index (κ3) is 9.83. The molecule has 3 saturated heterocycles. The number of hydrogen-bond donors (Lipinski definition) is 2. The maximum atomic E-state index is 14.5. The topological polar surface area (TPSA) is 98.7 Å². The van der Waals surface area contributed by atoms with E-state index in [2.05, 4.69) is 92.3 Å². The summed E-state index contributed by atoms with van der Waals surface area (Å²) in [5.41, 5.74) is 8.57. The van der Waals surface area contributed by atoms with Gasteiger partial charge in [0.2, 0.25) is 0 Å². The van der Waals surface area contributed by atoms with Crippen LogP contribution in [0.1, 0.15) is 60.3 Å².